The van der Waals surface area contributed by atoms with E-state index in [1.54, 1.807) is 13.0 Å². The Morgan fingerprint density at radius 3 is 2.40 bits per heavy atom. The first-order valence-electron chi connectivity index (χ1n) is 20.0. The number of ether oxygens (including phenoxy) is 1. The van der Waals surface area contributed by atoms with Gasteiger partial charge < -0.3 is 10.1 Å². The highest BCUT2D eigenvalue weighted by atomic mass is 32.2. The van der Waals surface area contributed by atoms with Crippen molar-refractivity contribution in [3.63, 3.8) is 0 Å². The number of sulfonamides is 1. The molecule has 2 N–H and O–H groups in total. The van der Waals surface area contributed by atoms with Crippen molar-refractivity contribution >= 4 is 72.3 Å². The number of amides is 3. The molecule has 18 heteroatoms. The van der Waals surface area contributed by atoms with Crippen molar-refractivity contribution in [2.45, 2.75) is 94.7 Å². The van der Waals surface area contributed by atoms with E-state index in [1.807, 2.05) is 42.5 Å². The minimum absolute atomic E-state index is 0.0470. The molecule has 16 nitrogen and oxygen atoms in total. The van der Waals surface area contributed by atoms with Gasteiger partial charge in [0.15, 0.2) is 17.7 Å². The van der Waals surface area contributed by atoms with Crippen molar-refractivity contribution in [3.8, 4) is 16.6 Å². The van der Waals surface area contributed by atoms with E-state index in [0.29, 0.717) is 59.5 Å². The summed E-state index contributed by atoms with van der Waals surface area (Å²) in [6.07, 6.45) is 6.62. The van der Waals surface area contributed by atoms with Crippen LogP contribution in [0.5, 0.6) is 5.88 Å². The second-order valence-corrected chi connectivity index (χ2v) is 18.6. The summed E-state index contributed by atoms with van der Waals surface area (Å²) >= 11 is 1.39. The summed E-state index contributed by atoms with van der Waals surface area (Å²) in [7, 11) is -3.94. The number of nitrogens with one attached hydrogen (secondary N) is 2. The molecule has 0 bridgehead atoms. The normalized spacial score (nSPS) is 22.5. The van der Waals surface area contributed by atoms with Gasteiger partial charge in [-0.1, -0.05) is 30.7 Å². The van der Waals surface area contributed by atoms with E-state index in [0.717, 1.165) is 34.3 Å². The molecule has 5 heterocycles. The number of benzene rings is 2. The van der Waals surface area contributed by atoms with E-state index in [-0.39, 0.29) is 36.6 Å². The maximum Gasteiger partial charge on any atom is 0.272 e. The quantitative estimate of drug-likeness (QED) is 0.211. The van der Waals surface area contributed by atoms with Gasteiger partial charge in [0.1, 0.15) is 10.7 Å². The molecule has 5 aromatic rings. The highest BCUT2D eigenvalue weighted by molar-refractivity contribution is 7.90. The van der Waals surface area contributed by atoms with Crippen LogP contribution in [-0.2, 0) is 24.4 Å². The molecule has 1 saturated carbocycles. The molecule has 2 aromatic carbocycles. The van der Waals surface area contributed by atoms with E-state index in [1.165, 1.54) is 34.8 Å². The summed E-state index contributed by atoms with van der Waals surface area (Å²) < 4.78 is 35.9. The molecular weight excluding hydrogens is 807 g/mol. The lowest BCUT2D eigenvalue weighted by atomic mass is 9.99. The molecule has 60 heavy (non-hydrogen) atoms. The zero-order valence-electron chi connectivity index (χ0n) is 32.6. The summed E-state index contributed by atoms with van der Waals surface area (Å²) in [5.41, 5.74) is 4.80. The Labute approximate surface area is 349 Å². The number of carbonyl (C=O) groups excluding carboxylic acids is 4. The number of ketones is 1. The number of para-hydroxylation sites is 3. The Balaban J connectivity index is 1.11. The molecule has 1 saturated heterocycles. The lowest BCUT2D eigenvalue weighted by Gasteiger charge is -2.33. The maximum absolute atomic E-state index is 14.3. The Kier molecular flexibility index (Phi) is 10.7. The number of thiazole rings is 1. The Morgan fingerprint density at radius 2 is 1.65 bits per heavy atom. The first kappa shape index (κ1) is 39.5. The summed E-state index contributed by atoms with van der Waals surface area (Å²) in [6, 6.07) is 13.0. The summed E-state index contributed by atoms with van der Waals surface area (Å²) in [4.78, 5) is 84.9. The molecule has 4 aliphatic rings. The van der Waals surface area contributed by atoms with E-state index in [2.05, 4.69) is 20.0 Å². The van der Waals surface area contributed by atoms with Gasteiger partial charge in [-0.2, -0.15) is 0 Å². The average Bonchev–Trinajstić information content (AvgIpc) is 4.16. The second kappa shape index (κ2) is 16.2. The first-order chi connectivity index (χ1) is 29.0. The van der Waals surface area contributed by atoms with E-state index in [4.69, 9.17) is 24.7 Å². The Morgan fingerprint density at radius 1 is 0.883 bits per heavy atom. The van der Waals surface area contributed by atoms with E-state index < -0.39 is 57.2 Å². The maximum atomic E-state index is 14.3. The number of rotatable bonds is 8. The monoisotopic (exact) mass is 847 g/mol. The highest BCUT2D eigenvalue weighted by Gasteiger charge is 2.49. The van der Waals surface area contributed by atoms with Gasteiger partial charge >= 0.3 is 0 Å². The number of aryl methyl sites for hydroxylation is 1. The van der Waals surface area contributed by atoms with Crippen LogP contribution in [-0.4, -0.2) is 91.5 Å². The zero-order chi connectivity index (χ0) is 41.5. The van der Waals surface area contributed by atoms with Gasteiger partial charge in [-0.15, -0.1) is 11.3 Å². The molecule has 0 unspecified atom stereocenters. The minimum Gasteiger partial charge on any atom is -0.452 e. The van der Waals surface area contributed by atoms with Crippen molar-refractivity contribution in [3.05, 3.63) is 83.6 Å². The second-order valence-electron chi connectivity index (χ2n) is 15.6. The fraction of sp³-hybridized carbons (Fsp3) is 0.381. The van der Waals surface area contributed by atoms with Gasteiger partial charge in [-0.05, 0) is 68.9 Å². The van der Waals surface area contributed by atoms with Gasteiger partial charge in [0.05, 0.1) is 56.4 Å². The zero-order valence-corrected chi connectivity index (χ0v) is 34.2. The van der Waals surface area contributed by atoms with Crippen molar-refractivity contribution in [2.24, 2.45) is 10.9 Å². The molecule has 0 radical (unpaired) electrons. The Bertz CT molecular complexity index is 2680. The molecular formula is C42H41N9O7S2. The average molecular weight is 848 g/mol. The third-order valence-corrected chi connectivity index (χ3v) is 14.0. The lowest BCUT2D eigenvalue weighted by molar-refractivity contribution is -0.137. The number of hydrogen-bond acceptors (Lipinski definition) is 14. The lowest BCUT2D eigenvalue weighted by Crippen LogP contribution is -2.50. The van der Waals surface area contributed by atoms with Crippen molar-refractivity contribution in [1.29, 1.82) is 0 Å². The standard InChI is InChI=1S/C42H41N9O7S2/c1-23-20-44-32(21-43-23)40(55)47-29-11-3-2-8-24-18-31(24)45-22-33-26(39(54)50-60(56,57)25-14-15-25)19-36(53)51(33)37(17-16-34(29)52)58-41-38(46-27-9-4-5-10-28(27)48-41)42-49-30-12-6-7-13-35(30)59-42/h4-7,9-10,12-13,20-22,25-26,29,33,37H,2-3,8,11,14-19H2,1H3,(H,47,55)(H,50,54)/t26-,29-,33-,37+/m0/s1. The molecule has 2 fully saturated rings. The third kappa shape index (κ3) is 8.38. The summed E-state index contributed by atoms with van der Waals surface area (Å²) in [5, 5.41) is 2.73. The van der Waals surface area contributed by atoms with Crippen molar-refractivity contribution in [1.82, 2.24) is 39.9 Å². The Hall–Kier alpha value is -6.01. The molecule has 3 amide bonds. The molecule has 308 valence electrons. The number of carbonyl (C=O) groups is 4. The van der Waals surface area contributed by atoms with Gasteiger partial charge in [0.2, 0.25) is 27.7 Å². The van der Waals surface area contributed by atoms with Crippen LogP contribution in [0.25, 0.3) is 32.0 Å². The first-order valence-corrected chi connectivity index (χ1v) is 22.4. The van der Waals surface area contributed by atoms with Crippen LogP contribution in [0.1, 0.15) is 80.4 Å². The van der Waals surface area contributed by atoms with E-state index in [9.17, 15) is 27.6 Å². The van der Waals surface area contributed by atoms with Crippen LogP contribution in [0.2, 0.25) is 0 Å². The molecule has 4 atom stereocenters. The molecule has 9 rings (SSSR count). The SMILES string of the molecule is Cc1cnc(C(=O)N[C@H]2CCCCC3=C(C3)N=C[C@H]3[C@@H](C(=O)NS(=O)(=O)C4CC4)CC(=O)N3[C@H](Oc3nc4ccccc4nc3-c3nc4ccccc4s3)CCC2=O)cn1. The number of Topliss-reactive ketones (excluding diaryl/α,β-unsaturated/α-hetero) is 1. The van der Waals surface area contributed by atoms with Gasteiger partial charge in [-0.25, -0.2) is 28.4 Å². The van der Waals surface area contributed by atoms with Crippen LogP contribution in [0.15, 0.2) is 77.2 Å². The van der Waals surface area contributed by atoms with Crippen LogP contribution >= 0.6 is 11.3 Å². The van der Waals surface area contributed by atoms with E-state index >= 15 is 0 Å². The minimum atomic E-state index is -3.94. The van der Waals surface area contributed by atoms with Crippen molar-refractivity contribution < 1.29 is 32.3 Å². The van der Waals surface area contributed by atoms with Crippen LogP contribution < -0.4 is 14.8 Å². The third-order valence-electron chi connectivity index (χ3n) is 11.2. The van der Waals surface area contributed by atoms with Gasteiger partial charge in [0.25, 0.3) is 5.91 Å². The fourth-order valence-electron chi connectivity index (χ4n) is 7.67. The number of aliphatic imine (C=N–C) groups is 1. The number of hydrogen-bond donors (Lipinski definition) is 2. The predicted octanol–water partition coefficient (Wildman–Crippen LogP) is 4.99. The smallest absolute Gasteiger partial charge is 0.272 e. The highest BCUT2D eigenvalue weighted by Crippen LogP contribution is 2.39. The van der Waals surface area contributed by atoms with Crippen LogP contribution in [0.4, 0.5) is 0 Å². The number of aromatic nitrogens is 5. The number of fused-ring (bicyclic) bond motifs is 3. The fourth-order valence-corrected chi connectivity index (χ4v) is 9.97. The molecule has 0 spiro atoms. The van der Waals surface area contributed by atoms with Gasteiger partial charge in [-0.3, -0.25) is 38.8 Å². The molecule has 2 aliphatic heterocycles. The predicted molar refractivity (Wildman–Crippen MR) is 222 cm³/mol. The van der Waals surface area contributed by atoms with Crippen LogP contribution in [0.3, 0.4) is 0 Å². The number of nitrogens with zero attached hydrogens (tertiary/aromatic N) is 7. The van der Waals surface area contributed by atoms with Crippen molar-refractivity contribution in [2.75, 3.05) is 0 Å². The largest absolute Gasteiger partial charge is 0.452 e. The van der Waals surface area contributed by atoms with Gasteiger partial charge in [0, 0.05) is 43.8 Å². The topological polar surface area (TPSA) is 216 Å². The van der Waals surface area contributed by atoms with Crippen LogP contribution in [0, 0.1) is 12.8 Å². The molecule has 2 aliphatic carbocycles. The summed E-state index contributed by atoms with van der Waals surface area (Å²) in [6.45, 7) is 1.76. The number of allylic oxidation sites excluding steroid dienone is 2. The summed E-state index contributed by atoms with van der Waals surface area (Å²) in [5.74, 6) is -3.23. The molecule has 3 aromatic heterocycles.